The fourth-order valence-electron chi connectivity index (χ4n) is 3.46. The molecular formula is C20H15ClF3N5O4S. The topological polar surface area (TPSA) is 137 Å². The summed E-state index contributed by atoms with van der Waals surface area (Å²) in [5.41, 5.74) is -1.26. The first-order valence-corrected chi connectivity index (χ1v) is 10.9. The van der Waals surface area contributed by atoms with Gasteiger partial charge < -0.3 is 20.1 Å². The van der Waals surface area contributed by atoms with Crippen LogP contribution in [0.3, 0.4) is 0 Å². The van der Waals surface area contributed by atoms with Gasteiger partial charge in [0.2, 0.25) is 0 Å². The molecular weight excluding hydrogens is 499 g/mol. The number of nitrogens with zero attached hydrogens (tertiary/aromatic N) is 5. The van der Waals surface area contributed by atoms with Gasteiger partial charge >= 0.3 is 0 Å². The Morgan fingerprint density at radius 3 is 2.53 bits per heavy atom. The van der Waals surface area contributed by atoms with Gasteiger partial charge in [-0.2, -0.15) is 5.26 Å². The number of aromatic nitrogens is 4. The van der Waals surface area contributed by atoms with E-state index in [1.165, 1.54) is 18.5 Å². The first-order chi connectivity index (χ1) is 16.2. The van der Waals surface area contributed by atoms with Crippen LogP contribution in [0.1, 0.15) is 11.7 Å². The zero-order valence-corrected chi connectivity index (χ0v) is 18.5. The monoisotopic (exact) mass is 513 g/mol. The highest BCUT2D eigenvalue weighted by molar-refractivity contribution is 7.99. The number of thioether (sulfide) groups is 1. The van der Waals surface area contributed by atoms with Crippen molar-refractivity contribution in [2.75, 3.05) is 6.61 Å². The van der Waals surface area contributed by atoms with E-state index in [1.54, 1.807) is 0 Å². The van der Waals surface area contributed by atoms with E-state index in [-0.39, 0.29) is 22.0 Å². The summed E-state index contributed by atoms with van der Waals surface area (Å²) in [6, 6.07) is 3.60. The van der Waals surface area contributed by atoms with Gasteiger partial charge in [0, 0.05) is 16.7 Å². The number of ether oxygens (including phenoxy) is 1. The molecule has 1 aromatic carbocycles. The first kappa shape index (κ1) is 24.4. The van der Waals surface area contributed by atoms with E-state index in [4.69, 9.17) is 16.3 Å². The average Bonchev–Trinajstić information content (AvgIpc) is 3.29. The van der Waals surface area contributed by atoms with Gasteiger partial charge in [0.15, 0.2) is 23.1 Å². The average molecular weight is 514 g/mol. The van der Waals surface area contributed by atoms with Crippen LogP contribution in [0, 0.1) is 28.8 Å². The third-order valence-corrected chi connectivity index (χ3v) is 6.51. The molecule has 0 saturated carbocycles. The highest BCUT2D eigenvalue weighted by Gasteiger charge is 2.46. The van der Waals surface area contributed by atoms with Crippen LogP contribution in [-0.4, -0.2) is 65.7 Å². The number of rotatable bonds is 5. The highest BCUT2D eigenvalue weighted by Crippen LogP contribution is 2.39. The molecule has 1 aliphatic rings. The minimum absolute atomic E-state index is 0.0248. The summed E-state index contributed by atoms with van der Waals surface area (Å²) in [6.07, 6.45) is -1.59. The molecule has 3 N–H and O–H groups in total. The van der Waals surface area contributed by atoms with Gasteiger partial charge in [-0.25, -0.2) is 22.8 Å². The van der Waals surface area contributed by atoms with E-state index in [2.05, 4.69) is 15.3 Å². The van der Waals surface area contributed by atoms with Gasteiger partial charge in [0.05, 0.1) is 17.8 Å². The van der Waals surface area contributed by atoms with E-state index in [0.717, 1.165) is 28.6 Å². The number of pyridine rings is 1. The summed E-state index contributed by atoms with van der Waals surface area (Å²) >= 11 is 6.86. The Morgan fingerprint density at radius 2 is 1.88 bits per heavy atom. The Labute approximate surface area is 199 Å². The van der Waals surface area contributed by atoms with Crippen LogP contribution < -0.4 is 0 Å². The van der Waals surface area contributed by atoms with Crippen molar-refractivity contribution in [2.45, 2.75) is 34.7 Å². The SMILES string of the molecule is N#Cc1ncc(Cl)cc1S[C@H]1OC(CO)[C@H](O)C(n2cc(-c3cc(F)c(F)c(F)c3)nn2)C1O. The molecule has 9 nitrogen and oxygen atoms in total. The van der Waals surface area contributed by atoms with E-state index < -0.39 is 53.8 Å². The van der Waals surface area contributed by atoms with Gasteiger partial charge in [-0.1, -0.05) is 28.6 Å². The van der Waals surface area contributed by atoms with Crippen LogP contribution in [0.15, 0.2) is 35.5 Å². The molecule has 3 aromatic rings. The largest absolute Gasteiger partial charge is 0.394 e. The molecule has 0 amide bonds. The minimum Gasteiger partial charge on any atom is -0.394 e. The lowest BCUT2D eigenvalue weighted by Gasteiger charge is -2.41. The Morgan fingerprint density at radius 1 is 1.18 bits per heavy atom. The first-order valence-electron chi connectivity index (χ1n) is 9.65. The highest BCUT2D eigenvalue weighted by atomic mass is 35.5. The van der Waals surface area contributed by atoms with Gasteiger partial charge in [-0.3, -0.25) is 0 Å². The Bertz CT molecular complexity index is 1240. The molecule has 1 fully saturated rings. The lowest BCUT2D eigenvalue weighted by molar-refractivity contribution is -0.178. The number of hydrogen-bond acceptors (Lipinski definition) is 9. The van der Waals surface area contributed by atoms with Crippen molar-refractivity contribution in [2.24, 2.45) is 0 Å². The Balaban J connectivity index is 1.66. The summed E-state index contributed by atoms with van der Waals surface area (Å²) in [6.45, 7) is -0.615. The molecule has 178 valence electrons. The summed E-state index contributed by atoms with van der Waals surface area (Å²) in [7, 11) is 0. The number of halogens is 4. The van der Waals surface area contributed by atoms with Gasteiger partial charge in [-0.15, -0.1) is 5.10 Å². The van der Waals surface area contributed by atoms with Crippen LogP contribution in [0.2, 0.25) is 5.02 Å². The fraction of sp³-hybridized carbons (Fsp3) is 0.300. The summed E-state index contributed by atoms with van der Waals surface area (Å²) in [4.78, 5) is 4.20. The number of aliphatic hydroxyl groups is 3. The summed E-state index contributed by atoms with van der Waals surface area (Å²) < 4.78 is 47.2. The summed E-state index contributed by atoms with van der Waals surface area (Å²) in [5.74, 6) is -4.48. The molecule has 14 heteroatoms. The third-order valence-electron chi connectivity index (χ3n) is 5.11. The second-order valence-electron chi connectivity index (χ2n) is 7.26. The van der Waals surface area contributed by atoms with Crippen LogP contribution in [0.5, 0.6) is 0 Å². The quantitative estimate of drug-likeness (QED) is 0.438. The van der Waals surface area contributed by atoms with Crippen molar-refractivity contribution in [3.8, 4) is 17.3 Å². The molecule has 1 aliphatic heterocycles. The lowest BCUT2D eigenvalue weighted by Crippen LogP contribution is -2.55. The Hall–Kier alpha value is -2.73. The molecule has 5 atom stereocenters. The van der Waals surface area contributed by atoms with E-state index in [1.807, 2.05) is 6.07 Å². The predicted octanol–water partition coefficient (Wildman–Crippen LogP) is 2.05. The fourth-order valence-corrected chi connectivity index (χ4v) is 4.83. The number of nitriles is 1. The van der Waals surface area contributed by atoms with Crippen molar-refractivity contribution < 1.29 is 33.2 Å². The normalized spacial score (nSPS) is 24.7. The molecule has 0 spiro atoms. The van der Waals surface area contributed by atoms with E-state index in [9.17, 15) is 33.8 Å². The molecule has 0 radical (unpaired) electrons. The standard InChI is InChI=1S/C20H15ClF3N5O4S/c21-9-3-15(12(4-25)26-5-9)34-20-19(32)17(18(31)14(7-30)33-20)29-6-13(27-28-29)8-1-10(22)16(24)11(23)2-8/h1-3,5-6,14,17-20,30-32H,7H2/t14?,17?,18-,19?,20+/m0/s1. The molecule has 2 aromatic heterocycles. The Kier molecular flexibility index (Phi) is 7.08. The van der Waals surface area contributed by atoms with Crippen molar-refractivity contribution in [1.29, 1.82) is 5.26 Å². The van der Waals surface area contributed by atoms with Crippen LogP contribution in [-0.2, 0) is 4.74 Å². The van der Waals surface area contributed by atoms with Crippen molar-refractivity contribution >= 4 is 23.4 Å². The minimum atomic E-state index is -1.63. The van der Waals surface area contributed by atoms with E-state index in [0.29, 0.717) is 4.90 Å². The lowest BCUT2D eigenvalue weighted by atomic mass is 9.97. The maximum absolute atomic E-state index is 13.6. The molecule has 4 rings (SSSR count). The molecule has 34 heavy (non-hydrogen) atoms. The van der Waals surface area contributed by atoms with Crippen molar-refractivity contribution in [3.63, 3.8) is 0 Å². The zero-order valence-electron chi connectivity index (χ0n) is 16.9. The van der Waals surface area contributed by atoms with Crippen molar-refractivity contribution in [3.05, 3.63) is 58.8 Å². The maximum atomic E-state index is 13.6. The molecule has 3 unspecified atom stereocenters. The smallest absolute Gasteiger partial charge is 0.194 e. The number of hydrogen-bond donors (Lipinski definition) is 3. The zero-order chi connectivity index (χ0) is 24.6. The molecule has 3 heterocycles. The number of aliphatic hydroxyl groups excluding tert-OH is 3. The predicted molar refractivity (Wildman–Crippen MR) is 112 cm³/mol. The van der Waals surface area contributed by atoms with Gasteiger partial charge in [0.25, 0.3) is 0 Å². The molecule has 0 bridgehead atoms. The molecule has 1 saturated heterocycles. The maximum Gasteiger partial charge on any atom is 0.194 e. The van der Waals surface area contributed by atoms with Gasteiger partial charge in [-0.05, 0) is 18.2 Å². The summed E-state index contributed by atoms with van der Waals surface area (Å²) in [5, 5.41) is 48.5. The van der Waals surface area contributed by atoms with Crippen molar-refractivity contribution in [1.82, 2.24) is 20.0 Å². The van der Waals surface area contributed by atoms with Crippen LogP contribution >= 0.6 is 23.4 Å². The van der Waals surface area contributed by atoms with Crippen LogP contribution in [0.25, 0.3) is 11.3 Å². The van der Waals surface area contributed by atoms with E-state index >= 15 is 0 Å². The second-order valence-corrected chi connectivity index (χ2v) is 8.84. The van der Waals surface area contributed by atoms with Gasteiger partial charge in [0.1, 0.15) is 41.6 Å². The number of benzene rings is 1. The second kappa shape index (κ2) is 9.87. The van der Waals surface area contributed by atoms with Crippen LogP contribution in [0.4, 0.5) is 13.2 Å². The molecule has 0 aliphatic carbocycles. The third kappa shape index (κ3) is 4.61.